The highest BCUT2D eigenvalue weighted by Gasteiger charge is 2.32. The van der Waals surface area contributed by atoms with Crippen molar-refractivity contribution < 1.29 is 9.13 Å². The molecular formula is C24H27ClFN5O. The van der Waals surface area contributed by atoms with Crippen molar-refractivity contribution in [1.29, 1.82) is 0 Å². The van der Waals surface area contributed by atoms with E-state index in [4.69, 9.17) is 16.3 Å². The number of hydrogen-bond donors (Lipinski definition) is 1. The summed E-state index contributed by atoms with van der Waals surface area (Å²) in [5, 5.41) is 5.59. The molecule has 0 aromatic heterocycles. The van der Waals surface area contributed by atoms with Crippen molar-refractivity contribution in [3.05, 3.63) is 58.5 Å². The fraction of sp³-hybridized carbons (Fsp3) is 0.375. The van der Waals surface area contributed by atoms with E-state index in [1.165, 1.54) is 7.11 Å². The standard InChI is InChI=1S/C24H27ClFN5O/c1-4-28-22(17-9-5-7-16-8-6-10-18(25)19(16)17)20(26)21-15(2)23(30-24(29-21)32-3)31-13-11-27-12-14-31/h5-10,15,27H,4,11-14H2,1-3H3/b21-20-,28-22-. The van der Waals surface area contributed by atoms with Gasteiger partial charge in [-0.25, -0.2) is 4.39 Å². The number of nitrogens with zero attached hydrogens (tertiary/aromatic N) is 4. The Kier molecular flexibility index (Phi) is 6.86. The first kappa shape index (κ1) is 22.4. The molecular weight excluding hydrogens is 429 g/mol. The number of hydrogen-bond acceptors (Lipinski definition) is 6. The van der Waals surface area contributed by atoms with Gasteiger partial charge in [-0.15, -0.1) is 0 Å². The minimum absolute atomic E-state index is 0.147. The fourth-order valence-electron chi connectivity index (χ4n) is 4.16. The predicted molar refractivity (Wildman–Crippen MR) is 130 cm³/mol. The van der Waals surface area contributed by atoms with Crippen LogP contribution in [0.3, 0.4) is 0 Å². The molecule has 0 bridgehead atoms. The van der Waals surface area contributed by atoms with Crippen molar-refractivity contribution in [2.24, 2.45) is 20.9 Å². The number of halogens is 2. The quantitative estimate of drug-likeness (QED) is 0.696. The van der Waals surface area contributed by atoms with Crippen molar-refractivity contribution in [1.82, 2.24) is 10.2 Å². The molecule has 1 fully saturated rings. The summed E-state index contributed by atoms with van der Waals surface area (Å²) < 4.78 is 21.6. The molecule has 0 radical (unpaired) electrons. The molecule has 2 aliphatic rings. The average Bonchev–Trinajstić information content (AvgIpc) is 2.83. The van der Waals surface area contributed by atoms with Crippen LogP contribution in [0.4, 0.5) is 4.39 Å². The molecule has 32 heavy (non-hydrogen) atoms. The van der Waals surface area contributed by atoms with Crippen LogP contribution in [-0.2, 0) is 4.74 Å². The lowest BCUT2D eigenvalue weighted by atomic mass is 9.96. The third-order valence-corrected chi connectivity index (χ3v) is 6.02. The number of amidine groups is 2. The summed E-state index contributed by atoms with van der Waals surface area (Å²) in [5.74, 6) is -0.0707. The second-order valence-corrected chi connectivity index (χ2v) is 8.10. The molecule has 1 N–H and O–H groups in total. The number of methoxy groups -OCH3 is 1. The van der Waals surface area contributed by atoms with Crippen LogP contribution in [-0.4, -0.2) is 62.3 Å². The predicted octanol–water partition coefficient (Wildman–Crippen LogP) is 4.44. The smallest absolute Gasteiger partial charge is 0.318 e. The first-order valence-electron chi connectivity index (χ1n) is 10.8. The first-order chi connectivity index (χ1) is 15.5. The van der Waals surface area contributed by atoms with Gasteiger partial charge in [-0.2, -0.15) is 9.98 Å². The highest BCUT2D eigenvalue weighted by molar-refractivity contribution is 6.37. The molecule has 2 aromatic carbocycles. The lowest BCUT2D eigenvalue weighted by Gasteiger charge is -2.34. The Bertz CT molecular complexity index is 1130. The van der Waals surface area contributed by atoms with Gasteiger partial charge in [0, 0.05) is 48.7 Å². The van der Waals surface area contributed by atoms with Gasteiger partial charge >= 0.3 is 6.02 Å². The van der Waals surface area contributed by atoms with Crippen LogP contribution in [0.2, 0.25) is 5.02 Å². The maximum absolute atomic E-state index is 16.2. The van der Waals surface area contributed by atoms with Crippen molar-refractivity contribution >= 4 is 39.9 Å². The van der Waals surface area contributed by atoms with Crippen LogP contribution in [0.5, 0.6) is 0 Å². The third-order valence-electron chi connectivity index (χ3n) is 5.71. The van der Waals surface area contributed by atoms with Gasteiger partial charge < -0.3 is 15.0 Å². The van der Waals surface area contributed by atoms with Gasteiger partial charge in [-0.3, -0.25) is 4.99 Å². The van der Waals surface area contributed by atoms with E-state index in [-0.39, 0.29) is 23.3 Å². The second kappa shape index (κ2) is 9.79. The molecule has 2 heterocycles. The van der Waals surface area contributed by atoms with E-state index >= 15 is 4.39 Å². The molecule has 4 rings (SSSR count). The number of piperazine rings is 1. The third kappa shape index (κ3) is 4.27. The number of benzene rings is 2. The number of allylic oxidation sites excluding steroid dienone is 1. The Hall–Kier alpha value is -2.77. The zero-order valence-electron chi connectivity index (χ0n) is 18.5. The Labute approximate surface area is 192 Å². The molecule has 168 valence electrons. The van der Waals surface area contributed by atoms with Gasteiger partial charge in [0.15, 0.2) is 5.83 Å². The van der Waals surface area contributed by atoms with Crippen LogP contribution in [0.15, 0.2) is 62.9 Å². The van der Waals surface area contributed by atoms with Gasteiger partial charge in [-0.05, 0) is 25.3 Å². The molecule has 0 amide bonds. The van der Waals surface area contributed by atoms with Gasteiger partial charge in [-0.1, -0.05) is 41.9 Å². The Balaban J connectivity index is 1.85. The highest BCUT2D eigenvalue weighted by Crippen LogP contribution is 2.32. The van der Waals surface area contributed by atoms with E-state index in [0.717, 1.165) is 42.8 Å². The van der Waals surface area contributed by atoms with Crippen molar-refractivity contribution in [2.45, 2.75) is 13.8 Å². The molecule has 8 heteroatoms. The van der Waals surface area contributed by atoms with E-state index in [1.54, 1.807) is 0 Å². The summed E-state index contributed by atoms with van der Waals surface area (Å²) >= 11 is 6.52. The summed E-state index contributed by atoms with van der Waals surface area (Å²) in [7, 11) is 1.49. The highest BCUT2D eigenvalue weighted by atomic mass is 35.5. The van der Waals surface area contributed by atoms with E-state index in [1.807, 2.05) is 50.2 Å². The first-order valence-corrected chi connectivity index (χ1v) is 11.2. The second-order valence-electron chi connectivity index (χ2n) is 7.69. The molecule has 0 saturated carbocycles. The van der Waals surface area contributed by atoms with Crippen molar-refractivity contribution in [3.8, 4) is 0 Å². The van der Waals surface area contributed by atoms with Crippen LogP contribution in [0.25, 0.3) is 10.8 Å². The number of aliphatic imine (C=N–C) groups is 3. The molecule has 2 aliphatic heterocycles. The number of rotatable bonds is 3. The SMILES string of the molecule is CC/N=C(\C(F)=C1\N=C(OC)N=C(N2CCNCC2)C1C)c1cccc2cccc(Cl)c12. The van der Waals surface area contributed by atoms with Gasteiger partial charge in [0.05, 0.1) is 18.7 Å². The molecule has 2 aromatic rings. The van der Waals surface area contributed by atoms with E-state index in [9.17, 15) is 0 Å². The monoisotopic (exact) mass is 455 g/mol. The van der Waals surface area contributed by atoms with Crippen LogP contribution < -0.4 is 5.32 Å². The topological polar surface area (TPSA) is 61.6 Å². The lowest BCUT2D eigenvalue weighted by Crippen LogP contribution is -2.49. The summed E-state index contributed by atoms with van der Waals surface area (Å²) in [6, 6.07) is 11.5. The van der Waals surface area contributed by atoms with Crippen molar-refractivity contribution in [2.75, 3.05) is 39.8 Å². The molecule has 0 aliphatic carbocycles. The zero-order valence-corrected chi connectivity index (χ0v) is 19.3. The molecule has 0 spiro atoms. The minimum atomic E-state index is -0.483. The maximum atomic E-state index is 16.2. The van der Waals surface area contributed by atoms with E-state index in [0.29, 0.717) is 17.1 Å². The Morgan fingerprint density at radius 1 is 1.22 bits per heavy atom. The Morgan fingerprint density at radius 3 is 2.62 bits per heavy atom. The number of nitrogens with one attached hydrogen (secondary N) is 1. The number of fused-ring (bicyclic) bond motifs is 1. The maximum Gasteiger partial charge on any atom is 0.318 e. The summed E-state index contributed by atoms with van der Waals surface area (Å²) in [6.45, 7) is 7.52. The summed E-state index contributed by atoms with van der Waals surface area (Å²) in [5.41, 5.74) is 1.16. The summed E-state index contributed by atoms with van der Waals surface area (Å²) in [4.78, 5) is 15.7. The molecule has 6 nitrogen and oxygen atoms in total. The number of ether oxygens (including phenoxy) is 1. The van der Waals surface area contributed by atoms with Gasteiger partial charge in [0.1, 0.15) is 11.5 Å². The lowest BCUT2D eigenvalue weighted by molar-refractivity contribution is 0.339. The van der Waals surface area contributed by atoms with Gasteiger partial charge in [0.25, 0.3) is 0 Å². The minimum Gasteiger partial charge on any atom is -0.467 e. The van der Waals surface area contributed by atoms with Gasteiger partial charge in [0.2, 0.25) is 0 Å². The Morgan fingerprint density at radius 2 is 1.94 bits per heavy atom. The largest absolute Gasteiger partial charge is 0.467 e. The van der Waals surface area contributed by atoms with E-state index in [2.05, 4.69) is 25.2 Å². The molecule has 1 saturated heterocycles. The van der Waals surface area contributed by atoms with Crippen LogP contribution in [0, 0.1) is 5.92 Å². The molecule has 1 unspecified atom stereocenters. The average molecular weight is 456 g/mol. The zero-order chi connectivity index (χ0) is 22.7. The van der Waals surface area contributed by atoms with E-state index < -0.39 is 5.83 Å². The van der Waals surface area contributed by atoms with Crippen LogP contribution >= 0.6 is 11.6 Å². The fourth-order valence-corrected chi connectivity index (χ4v) is 4.44. The van der Waals surface area contributed by atoms with Crippen molar-refractivity contribution in [3.63, 3.8) is 0 Å². The normalized spacial score (nSPS) is 21.3. The van der Waals surface area contributed by atoms with Crippen LogP contribution in [0.1, 0.15) is 19.4 Å². The molecule has 1 atom stereocenters. The summed E-state index contributed by atoms with van der Waals surface area (Å²) in [6.07, 6.45) is 0.